The Balaban J connectivity index is 1.65. The summed E-state index contributed by atoms with van der Waals surface area (Å²) < 4.78 is 7.28. The van der Waals surface area contributed by atoms with E-state index in [2.05, 4.69) is 15.1 Å². The van der Waals surface area contributed by atoms with E-state index in [0.717, 1.165) is 11.0 Å². The second-order valence-electron chi connectivity index (χ2n) is 4.08. The first kappa shape index (κ1) is 11.5. The number of aromatic nitrogens is 4. The van der Waals surface area contributed by atoms with E-state index in [4.69, 9.17) is 10.5 Å². The molecule has 19 heavy (non-hydrogen) atoms. The number of anilines is 1. The molecule has 6 nitrogen and oxygen atoms in total. The van der Waals surface area contributed by atoms with Gasteiger partial charge in [0.05, 0.1) is 35.7 Å². The first-order valence-electron chi connectivity index (χ1n) is 5.94. The van der Waals surface area contributed by atoms with E-state index in [1.807, 2.05) is 24.3 Å². The van der Waals surface area contributed by atoms with Gasteiger partial charge in [-0.1, -0.05) is 12.1 Å². The first-order valence-corrected chi connectivity index (χ1v) is 5.94. The molecular weight excluding hydrogens is 242 g/mol. The van der Waals surface area contributed by atoms with E-state index in [-0.39, 0.29) is 0 Å². The van der Waals surface area contributed by atoms with Gasteiger partial charge in [0.2, 0.25) is 5.88 Å². The van der Waals surface area contributed by atoms with Crippen molar-refractivity contribution in [2.45, 2.75) is 6.54 Å². The summed E-state index contributed by atoms with van der Waals surface area (Å²) in [4.78, 5) is 8.65. The highest BCUT2D eigenvalue weighted by atomic mass is 16.5. The van der Waals surface area contributed by atoms with Crippen LogP contribution in [0.1, 0.15) is 0 Å². The Morgan fingerprint density at radius 1 is 1.16 bits per heavy atom. The fourth-order valence-electron chi connectivity index (χ4n) is 1.76. The molecule has 2 aromatic heterocycles. The zero-order chi connectivity index (χ0) is 13.1. The monoisotopic (exact) mass is 255 g/mol. The summed E-state index contributed by atoms with van der Waals surface area (Å²) in [5.74, 6) is 0.513. The van der Waals surface area contributed by atoms with Gasteiger partial charge in [0.1, 0.15) is 6.61 Å². The average Bonchev–Trinajstić information content (AvgIpc) is 2.84. The molecule has 6 heteroatoms. The fourth-order valence-corrected chi connectivity index (χ4v) is 1.76. The number of nitrogens with zero attached hydrogens (tertiary/aromatic N) is 4. The lowest BCUT2D eigenvalue weighted by Crippen LogP contribution is -2.09. The van der Waals surface area contributed by atoms with Gasteiger partial charge in [0, 0.05) is 6.20 Å². The second kappa shape index (κ2) is 4.93. The number of nitrogens with two attached hydrogens (primary N) is 1. The van der Waals surface area contributed by atoms with Crippen LogP contribution in [0.15, 0.2) is 42.9 Å². The van der Waals surface area contributed by atoms with Gasteiger partial charge in [-0.2, -0.15) is 5.10 Å². The second-order valence-corrected chi connectivity index (χ2v) is 4.08. The largest absolute Gasteiger partial charge is 0.475 e. The van der Waals surface area contributed by atoms with Crippen molar-refractivity contribution in [3.05, 3.63) is 42.9 Å². The van der Waals surface area contributed by atoms with Gasteiger partial charge >= 0.3 is 0 Å². The van der Waals surface area contributed by atoms with Gasteiger partial charge in [0.15, 0.2) is 0 Å². The van der Waals surface area contributed by atoms with Crippen molar-refractivity contribution in [2.75, 3.05) is 12.3 Å². The molecule has 0 spiro atoms. The van der Waals surface area contributed by atoms with Crippen LogP contribution in [0.2, 0.25) is 0 Å². The van der Waals surface area contributed by atoms with Crippen LogP contribution in [-0.2, 0) is 6.54 Å². The van der Waals surface area contributed by atoms with Crippen LogP contribution in [0, 0.1) is 0 Å². The zero-order valence-electron chi connectivity index (χ0n) is 10.2. The van der Waals surface area contributed by atoms with Gasteiger partial charge in [0.25, 0.3) is 0 Å². The number of hydrogen-bond donors (Lipinski definition) is 1. The van der Waals surface area contributed by atoms with Gasteiger partial charge in [-0.3, -0.25) is 4.68 Å². The predicted octanol–water partition coefficient (Wildman–Crippen LogP) is 1.49. The third kappa shape index (κ3) is 2.62. The summed E-state index contributed by atoms with van der Waals surface area (Å²) in [5, 5.41) is 4.07. The lowest BCUT2D eigenvalue weighted by Gasteiger charge is -2.05. The van der Waals surface area contributed by atoms with Crippen LogP contribution in [0.25, 0.3) is 11.0 Å². The van der Waals surface area contributed by atoms with Crippen molar-refractivity contribution < 1.29 is 4.74 Å². The zero-order valence-corrected chi connectivity index (χ0v) is 10.2. The Hall–Kier alpha value is -2.63. The Bertz CT molecular complexity index is 694. The van der Waals surface area contributed by atoms with Crippen LogP contribution in [0.5, 0.6) is 5.88 Å². The van der Waals surface area contributed by atoms with E-state index >= 15 is 0 Å². The van der Waals surface area contributed by atoms with Crippen molar-refractivity contribution >= 4 is 16.7 Å². The highest BCUT2D eigenvalue weighted by Crippen LogP contribution is 2.12. The lowest BCUT2D eigenvalue weighted by atomic mass is 10.3. The Labute approximate surface area is 109 Å². The van der Waals surface area contributed by atoms with E-state index in [0.29, 0.717) is 24.7 Å². The highest BCUT2D eigenvalue weighted by molar-refractivity contribution is 5.73. The number of ether oxygens (including phenoxy) is 1. The number of fused-ring (bicyclic) bond motifs is 1. The minimum Gasteiger partial charge on any atom is -0.475 e. The number of para-hydroxylation sites is 2. The molecule has 0 saturated heterocycles. The Morgan fingerprint density at radius 3 is 2.79 bits per heavy atom. The number of nitrogen functional groups attached to an aromatic ring is 1. The molecule has 0 amide bonds. The van der Waals surface area contributed by atoms with Gasteiger partial charge < -0.3 is 10.5 Å². The number of benzene rings is 1. The summed E-state index contributed by atoms with van der Waals surface area (Å²) in [6.45, 7) is 1.08. The molecule has 3 rings (SSSR count). The molecule has 0 radical (unpaired) electrons. The molecule has 3 aromatic rings. The molecule has 2 N–H and O–H groups in total. The first-order chi connectivity index (χ1) is 9.31. The molecule has 0 aliphatic carbocycles. The van der Waals surface area contributed by atoms with Gasteiger partial charge in [-0.25, -0.2) is 9.97 Å². The lowest BCUT2D eigenvalue weighted by molar-refractivity contribution is 0.281. The molecular formula is C13H13N5O. The molecule has 0 bridgehead atoms. The minimum absolute atomic E-state index is 0.466. The van der Waals surface area contributed by atoms with Gasteiger partial charge in [-0.15, -0.1) is 0 Å². The quantitative estimate of drug-likeness (QED) is 0.764. The molecule has 96 valence electrons. The van der Waals surface area contributed by atoms with E-state index in [1.54, 1.807) is 23.3 Å². The summed E-state index contributed by atoms with van der Waals surface area (Å²) >= 11 is 0. The summed E-state index contributed by atoms with van der Waals surface area (Å²) in [6.07, 6.45) is 4.99. The van der Waals surface area contributed by atoms with E-state index < -0.39 is 0 Å². The van der Waals surface area contributed by atoms with E-state index in [9.17, 15) is 0 Å². The topological polar surface area (TPSA) is 78.8 Å². The van der Waals surface area contributed by atoms with Crippen LogP contribution in [-0.4, -0.2) is 26.4 Å². The van der Waals surface area contributed by atoms with Crippen LogP contribution < -0.4 is 10.5 Å². The molecule has 2 heterocycles. The van der Waals surface area contributed by atoms with Crippen LogP contribution >= 0.6 is 0 Å². The SMILES string of the molecule is Nc1cnn(CCOc2cnc3ccccc3n2)c1. The summed E-state index contributed by atoms with van der Waals surface area (Å²) in [7, 11) is 0. The molecule has 0 aliphatic rings. The van der Waals surface area contributed by atoms with Crippen LogP contribution in [0.4, 0.5) is 5.69 Å². The van der Waals surface area contributed by atoms with Gasteiger partial charge in [-0.05, 0) is 12.1 Å². The smallest absolute Gasteiger partial charge is 0.232 e. The minimum atomic E-state index is 0.466. The molecule has 0 aliphatic heterocycles. The number of hydrogen-bond acceptors (Lipinski definition) is 5. The molecule has 0 unspecified atom stereocenters. The van der Waals surface area contributed by atoms with Crippen molar-refractivity contribution in [3.63, 3.8) is 0 Å². The van der Waals surface area contributed by atoms with Crippen molar-refractivity contribution in [1.29, 1.82) is 0 Å². The maximum atomic E-state index is 5.58. The van der Waals surface area contributed by atoms with Crippen LogP contribution in [0.3, 0.4) is 0 Å². The normalized spacial score (nSPS) is 10.7. The van der Waals surface area contributed by atoms with Crippen molar-refractivity contribution in [3.8, 4) is 5.88 Å². The van der Waals surface area contributed by atoms with E-state index in [1.165, 1.54) is 0 Å². The van der Waals surface area contributed by atoms with Crippen molar-refractivity contribution in [1.82, 2.24) is 19.7 Å². The summed E-state index contributed by atoms with van der Waals surface area (Å²) in [5.41, 5.74) is 7.90. The molecule has 0 fully saturated rings. The summed E-state index contributed by atoms with van der Waals surface area (Å²) in [6, 6.07) is 7.68. The third-order valence-corrected chi connectivity index (χ3v) is 2.65. The third-order valence-electron chi connectivity index (χ3n) is 2.65. The Kier molecular flexibility index (Phi) is 2.97. The predicted molar refractivity (Wildman–Crippen MR) is 71.7 cm³/mol. The molecule has 1 aromatic carbocycles. The number of rotatable bonds is 4. The molecule has 0 atom stereocenters. The average molecular weight is 255 g/mol. The fraction of sp³-hybridized carbons (Fsp3) is 0.154. The maximum Gasteiger partial charge on any atom is 0.232 e. The molecule has 0 saturated carbocycles. The maximum absolute atomic E-state index is 5.58. The Morgan fingerprint density at radius 2 is 2.00 bits per heavy atom. The highest BCUT2D eigenvalue weighted by Gasteiger charge is 2.00. The standard InChI is InChI=1S/C13H13N5O/c14-10-7-16-18(9-10)5-6-19-13-8-15-11-3-1-2-4-12(11)17-13/h1-4,7-9H,5-6,14H2. The van der Waals surface area contributed by atoms with Crippen molar-refractivity contribution in [2.24, 2.45) is 0 Å².